The normalized spacial score (nSPS) is 29.6. The van der Waals surface area contributed by atoms with Crippen LogP contribution in [0.4, 0.5) is 11.8 Å². The molecule has 2 saturated carbocycles. The molecule has 0 aliphatic heterocycles. The van der Waals surface area contributed by atoms with Crippen LogP contribution in [0.2, 0.25) is 0 Å². The van der Waals surface area contributed by atoms with Crippen LogP contribution in [0, 0.1) is 0 Å². The van der Waals surface area contributed by atoms with E-state index in [1.54, 1.807) is 0 Å². The molecule has 0 unspecified atom stereocenters. The fraction of sp³-hybridized carbons (Fsp3) is 0.722. The van der Waals surface area contributed by atoms with Crippen molar-refractivity contribution in [2.45, 2.75) is 82.1 Å². The van der Waals surface area contributed by atoms with Crippen molar-refractivity contribution < 1.29 is 15.0 Å². The standard InChI is InChI=1S/C18H29N5O3/c19-16(26)15-10-20-18(22-11-5-7-13(24)8-6-11)23-17(15)21-12-3-1-2-4-14(25)9-12/h10-14,24-25H,1-9H2,(H2,19,26)(H2,20,21,22,23)/t11?,12-,13?,14+/m1/s1. The van der Waals surface area contributed by atoms with Crippen molar-refractivity contribution in [3.8, 4) is 0 Å². The van der Waals surface area contributed by atoms with Gasteiger partial charge in [0, 0.05) is 18.3 Å². The summed E-state index contributed by atoms with van der Waals surface area (Å²) >= 11 is 0. The molecule has 0 spiro atoms. The molecular formula is C18H29N5O3. The van der Waals surface area contributed by atoms with Gasteiger partial charge in [-0.1, -0.05) is 12.8 Å². The topological polar surface area (TPSA) is 133 Å². The third kappa shape index (κ3) is 5.04. The number of anilines is 2. The number of aliphatic hydroxyl groups excluding tert-OH is 2. The summed E-state index contributed by atoms with van der Waals surface area (Å²) in [4.78, 5) is 20.4. The number of amides is 1. The Hall–Kier alpha value is -1.93. The van der Waals surface area contributed by atoms with Crippen molar-refractivity contribution in [3.63, 3.8) is 0 Å². The number of primary amides is 1. The molecule has 2 aliphatic rings. The zero-order valence-electron chi connectivity index (χ0n) is 15.0. The number of hydrogen-bond acceptors (Lipinski definition) is 7. The lowest BCUT2D eigenvalue weighted by Gasteiger charge is -2.26. The smallest absolute Gasteiger partial charge is 0.254 e. The Morgan fingerprint density at radius 3 is 2.46 bits per heavy atom. The monoisotopic (exact) mass is 363 g/mol. The van der Waals surface area contributed by atoms with Gasteiger partial charge in [0.2, 0.25) is 5.95 Å². The maximum atomic E-state index is 11.7. The molecule has 8 heteroatoms. The van der Waals surface area contributed by atoms with Gasteiger partial charge in [0.05, 0.1) is 17.8 Å². The largest absolute Gasteiger partial charge is 0.393 e. The van der Waals surface area contributed by atoms with Gasteiger partial charge in [-0.15, -0.1) is 0 Å². The average molecular weight is 363 g/mol. The quantitative estimate of drug-likeness (QED) is 0.499. The van der Waals surface area contributed by atoms with Crippen molar-refractivity contribution >= 4 is 17.7 Å². The van der Waals surface area contributed by atoms with Crippen LogP contribution in [0.15, 0.2) is 6.20 Å². The Morgan fingerprint density at radius 2 is 1.73 bits per heavy atom. The van der Waals surface area contributed by atoms with Gasteiger partial charge in [0.25, 0.3) is 5.91 Å². The van der Waals surface area contributed by atoms with Crippen LogP contribution in [-0.2, 0) is 0 Å². The number of aliphatic hydroxyl groups is 2. The molecule has 2 aliphatic carbocycles. The van der Waals surface area contributed by atoms with E-state index in [-0.39, 0.29) is 29.9 Å². The van der Waals surface area contributed by atoms with Crippen LogP contribution in [0.1, 0.15) is 68.1 Å². The second kappa shape index (κ2) is 8.64. The number of nitrogens with two attached hydrogens (primary N) is 1. The van der Waals surface area contributed by atoms with E-state index in [0.717, 1.165) is 51.4 Å². The number of hydrogen-bond donors (Lipinski definition) is 5. The lowest BCUT2D eigenvalue weighted by Crippen LogP contribution is -2.30. The first kappa shape index (κ1) is 18.8. The maximum absolute atomic E-state index is 11.7. The minimum atomic E-state index is -0.575. The fourth-order valence-corrected chi connectivity index (χ4v) is 3.80. The van der Waals surface area contributed by atoms with E-state index >= 15 is 0 Å². The fourth-order valence-electron chi connectivity index (χ4n) is 3.80. The summed E-state index contributed by atoms with van der Waals surface area (Å²) < 4.78 is 0. The van der Waals surface area contributed by atoms with Gasteiger partial charge in [-0.2, -0.15) is 4.98 Å². The van der Waals surface area contributed by atoms with E-state index < -0.39 is 5.91 Å². The molecule has 1 heterocycles. The predicted molar refractivity (Wildman–Crippen MR) is 98.9 cm³/mol. The molecule has 3 rings (SSSR count). The minimum Gasteiger partial charge on any atom is -0.393 e. The predicted octanol–water partition coefficient (Wildman–Crippen LogP) is 1.40. The van der Waals surface area contributed by atoms with E-state index in [4.69, 9.17) is 5.73 Å². The molecule has 0 bridgehead atoms. The second-order valence-electron chi connectivity index (χ2n) is 7.49. The molecule has 1 amide bonds. The van der Waals surface area contributed by atoms with Gasteiger partial charge >= 0.3 is 0 Å². The summed E-state index contributed by atoms with van der Waals surface area (Å²) in [5.41, 5.74) is 5.73. The molecule has 2 fully saturated rings. The minimum absolute atomic E-state index is 0.0539. The van der Waals surface area contributed by atoms with E-state index in [1.807, 2.05) is 0 Å². The van der Waals surface area contributed by atoms with Gasteiger partial charge in [0.1, 0.15) is 5.82 Å². The number of carbonyl (C=O) groups is 1. The van der Waals surface area contributed by atoms with Crippen LogP contribution < -0.4 is 16.4 Å². The number of nitrogens with zero attached hydrogens (tertiary/aromatic N) is 2. The molecule has 26 heavy (non-hydrogen) atoms. The average Bonchev–Trinajstić information content (AvgIpc) is 2.81. The zero-order valence-corrected chi connectivity index (χ0v) is 15.0. The summed E-state index contributed by atoms with van der Waals surface area (Å²) in [6.07, 6.45) is 8.55. The molecule has 144 valence electrons. The summed E-state index contributed by atoms with van der Waals surface area (Å²) in [7, 11) is 0. The number of rotatable bonds is 5. The Bertz CT molecular complexity index is 619. The SMILES string of the molecule is NC(=O)c1cnc(NC2CCC(O)CC2)nc1N[C@@H]1CCCC[C@H](O)C1. The molecule has 6 N–H and O–H groups in total. The van der Waals surface area contributed by atoms with Crippen LogP contribution in [-0.4, -0.2) is 50.4 Å². The summed E-state index contributed by atoms with van der Waals surface area (Å²) in [6.45, 7) is 0. The Kier molecular flexibility index (Phi) is 6.26. The third-order valence-electron chi connectivity index (χ3n) is 5.32. The van der Waals surface area contributed by atoms with E-state index in [1.165, 1.54) is 6.20 Å². The number of carbonyl (C=O) groups excluding carboxylic acids is 1. The highest BCUT2D eigenvalue weighted by Gasteiger charge is 2.23. The van der Waals surface area contributed by atoms with Crippen molar-refractivity contribution in [1.82, 2.24) is 9.97 Å². The van der Waals surface area contributed by atoms with Crippen molar-refractivity contribution in [1.29, 1.82) is 0 Å². The molecule has 1 aromatic rings. The Balaban J connectivity index is 1.72. The van der Waals surface area contributed by atoms with Gasteiger partial charge in [-0.25, -0.2) is 4.98 Å². The highest BCUT2D eigenvalue weighted by molar-refractivity contribution is 5.97. The highest BCUT2D eigenvalue weighted by atomic mass is 16.3. The Labute approximate surface area is 153 Å². The van der Waals surface area contributed by atoms with Crippen molar-refractivity contribution in [2.75, 3.05) is 10.6 Å². The maximum Gasteiger partial charge on any atom is 0.254 e. The lowest BCUT2D eigenvalue weighted by atomic mass is 9.93. The zero-order chi connectivity index (χ0) is 18.5. The molecule has 0 saturated heterocycles. The summed E-state index contributed by atoms with van der Waals surface area (Å²) in [6, 6.07) is 0.267. The molecule has 0 radical (unpaired) electrons. The molecule has 2 atom stereocenters. The third-order valence-corrected chi connectivity index (χ3v) is 5.32. The van der Waals surface area contributed by atoms with E-state index in [9.17, 15) is 15.0 Å². The molecular weight excluding hydrogens is 334 g/mol. The first-order valence-corrected chi connectivity index (χ1v) is 9.57. The van der Waals surface area contributed by atoms with Crippen LogP contribution in [0.5, 0.6) is 0 Å². The second-order valence-corrected chi connectivity index (χ2v) is 7.49. The van der Waals surface area contributed by atoms with Crippen LogP contribution in [0.25, 0.3) is 0 Å². The molecule has 1 aromatic heterocycles. The lowest BCUT2D eigenvalue weighted by molar-refractivity contribution is 0.1000. The van der Waals surface area contributed by atoms with Gasteiger partial charge in [-0.05, 0) is 44.9 Å². The number of nitrogens with one attached hydrogen (secondary N) is 2. The van der Waals surface area contributed by atoms with Gasteiger partial charge in [0.15, 0.2) is 0 Å². The van der Waals surface area contributed by atoms with Gasteiger partial charge < -0.3 is 26.6 Å². The van der Waals surface area contributed by atoms with Crippen LogP contribution >= 0.6 is 0 Å². The number of aromatic nitrogens is 2. The van der Waals surface area contributed by atoms with Crippen molar-refractivity contribution in [3.05, 3.63) is 11.8 Å². The van der Waals surface area contributed by atoms with Crippen LogP contribution in [0.3, 0.4) is 0 Å². The highest BCUT2D eigenvalue weighted by Crippen LogP contribution is 2.25. The molecule has 8 nitrogen and oxygen atoms in total. The van der Waals surface area contributed by atoms with Crippen molar-refractivity contribution in [2.24, 2.45) is 5.73 Å². The molecule has 0 aromatic carbocycles. The van der Waals surface area contributed by atoms with Gasteiger partial charge in [-0.3, -0.25) is 4.79 Å². The summed E-state index contributed by atoms with van der Waals surface area (Å²) in [5, 5.41) is 26.2. The van der Waals surface area contributed by atoms with E-state index in [0.29, 0.717) is 18.2 Å². The Morgan fingerprint density at radius 1 is 1.00 bits per heavy atom. The van der Waals surface area contributed by atoms with E-state index in [2.05, 4.69) is 20.6 Å². The first-order valence-electron chi connectivity index (χ1n) is 9.57. The summed E-state index contributed by atoms with van der Waals surface area (Å²) in [5.74, 6) is 0.298. The first-order chi connectivity index (χ1) is 12.5.